The molecule has 34 heavy (non-hydrogen) atoms. The van der Waals surface area contributed by atoms with Gasteiger partial charge in [-0.05, 0) is 6.42 Å². The Morgan fingerprint density at radius 2 is 1.29 bits per heavy atom. The summed E-state index contributed by atoms with van der Waals surface area (Å²) < 4.78 is 25.1. The van der Waals surface area contributed by atoms with E-state index in [1.54, 1.807) is 0 Å². The fraction of sp³-hybridized carbons (Fsp3) is 0.909. The molecular weight excluding hydrogens is 476 g/mol. The van der Waals surface area contributed by atoms with E-state index in [9.17, 15) is 29.3 Å². The normalized spacial score (nSPS) is 14.6. The number of carboxylic acids is 1. The van der Waals surface area contributed by atoms with Crippen LogP contribution in [0.4, 0.5) is 0 Å². The Bertz CT molecular complexity index is 568. The molecule has 0 fully saturated rings. The quantitative estimate of drug-likeness (QED) is 0.0686. The number of rotatable bonds is 23. The zero-order valence-corrected chi connectivity index (χ0v) is 23.9. The smallest absolute Gasteiger partial charge is 0.756 e. The van der Waals surface area contributed by atoms with Crippen molar-refractivity contribution in [2.75, 3.05) is 19.8 Å². The van der Waals surface area contributed by atoms with Gasteiger partial charge in [-0.3, -0.25) is 9.36 Å². The number of aliphatic hydroxyl groups is 1. The van der Waals surface area contributed by atoms with Gasteiger partial charge in [-0.1, -0.05) is 84.0 Å². The minimum absolute atomic E-state index is 0. The van der Waals surface area contributed by atoms with Crippen molar-refractivity contribution in [3.05, 3.63) is 0 Å². The van der Waals surface area contributed by atoms with Crippen LogP contribution >= 0.6 is 7.82 Å². The van der Waals surface area contributed by atoms with Gasteiger partial charge in [-0.2, -0.15) is 0 Å². The van der Waals surface area contributed by atoms with Crippen LogP contribution in [0, 0.1) is 0 Å². The van der Waals surface area contributed by atoms with E-state index in [-0.39, 0.29) is 36.0 Å². The van der Waals surface area contributed by atoms with Crippen molar-refractivity contribution in [2.45, 2.75) is 109 Å². The summed E-state index contributed by atoms with van der Waals surface area (Å²) >= 11 is 0. The Labute approximate surface area is 226 Å². The molecule has 0 bridgehead atoms. The average Bonchev–Trinajstić information content (AvgIpc) is 2.77. The number of carbonyl (C=O) groups excluding carboxylic acids is 2. The third-order valence-corrected chi connectivity index (χ3v) is 6.04. The van der Waals surface area contributed by atoms with Crippen LogP contribution in [0.2, 0.25) is 0 Å². The van der Waals surface area contributed by atoms with Crippen LogP contribution in [0.3, 0.4) is 0 Å². The molecule has 10 nitrogen and oxygen atoms in total. The first-order valence-corrected chi connectivity index (χ1v) is 13.6. The first kappa shape index (κ1) is 36.1. The molecule has 0 amide bonds. The number of carbonyl (C=O) groups is 2. The van der Waals surface area contributed by atoms with Gasteiger partial charge in [0.25, 0.3) is 7.82 Å². The van der Waals surface area contributed by atoms with Crippen LogP contribution in [0.25, 0.3) is 0 Å². The van der Waals surface area contributed by atoms with Crippen LogP contribution in [0.5, 0.6) is 0 Å². The number of quaternary nitrogens is 1. The molecule has 196 valence electrons. The molecule has 4 N–H and O–H groups in total. The summed E-state index contributed by atoms with van der Waals surface area (Å²) in [7, 11) is -4.81. The molecule has 0 aromatic carbocycles. The standard InChI is InChI=1S/C22H44NO9P.Na/c1-2-3-4-5-6-7-8-9-10-11-12-13-14-15-21(25)30-16-19(24)17-31-33(28,29)32-18-20(23)22(26)27;/h19-20,24H,2-18,23H2,1H3,(H,26,27)(H,28,29);/q;+1/p-1/t19-,20+;/m1./s1. The van der Waals surface area contributed by atoms with Crippen molar-refractivity contribution in [2.24, 2.45) is 0 Å². The molecule has 0 aromatic heterocycles. The van der Waals surface area contributed by atoms with Crippen LogP contribution < -0.4 is 45.3 Å². The number of ether oxygens (including phenoxy) is 1. The van der Waals surface area contributed by atoms with E-state index in [1.807, 2.05) is 0 Å². The maximum Gasteiger partial charge on any atom is 1.00 e. The molecule has 0 spiro atoms. The zero-order valence-electron chi connectivity index (χ0n) is 21.0. The summed E-state index contributed by atoms with van der Waals surface area (Å²) in [6, 6.07) is -1.38. The van der Waals surface area contributed by atoms with Crippen molar-refractivity contribution in [3.63, 3.8) is 0 Å². The van der Waals surface area contributed by atoms with E-state index in [2.05, 4.69) is 21.7 Å². The van der Waals surface area contributed by atoms with Crippen molar-refractivity contribution >= 4 is 19.8 Å². The van der Waals surface area contributed by atoms with Crippen LogP contribution in [-0.2, 0) is 27.9 Å². The summed E-state index contributed by atoms with van der Waals surface area (Å²) in [5.41, 5.74) is 3.14. The molecule has 0 rings (SSSR count). The van der Waals surface area contributed by atoms with E-state index >= 15 is 0 Å². The first-order chi connectivity index (χ1) is 15.7. The number of aliphatic hydroxyl groups excluding tert-OH is 1. The summed E-state index contributed by atoms with van der Waals surface area (Å²) in [6.07, 6.45) is 14.6. The van der Waals surface area contributed by atoms with Crippen molar-refractivity contribution < 1.29 is 78.3 Å². The van der Waals surface area contributed by atoms with Crippen molar-refractivity contribution in [1.29, 1.82) is 0 Å². The number of hydrogen-bond acceptors (Lipinski definition) is 9. The Hall–Kier alpha value is -0.0300. The molecule has 1 unspecified atom stereocenters. The molecule has 0 aliphatic heterocycles. The summed E-state index contributed by atoms with van der Waals surface area (Å²) in [4.78, 5) is 33.6. The number of phosphoric acid groups is 1. The van der Waals surface area contributed by atoms with E-state index < -0.39 is 51.7 Å². The fourth-order valence-electron chi connectivity index (χ4n) is 3.06. The molecule has 0 aromatic rings. The fourth-order valence-corrected chi connectivity index (χ4v) is 3.85. The monoisotopic (exact) mass is 519 g/mol. The number of esters is 1. The maximum absolute atomic E-state index is 11.7. The van der Waals surface area contributed by atoms with Crippen molar-refractivity contribution in [1.82, 2.24) is 0 Å². The van der Waals surface area contributed by atoms with Crippen LogP contribution in [0.1, 0.15) is 96.8 Å². The molecule has 3 atom stereocenters. The van der Waals surface area contributed by atoms with Gasteiger partial charge in [0.1, 0.15) is 31.3 Å². The number of carboxylic acid groups (broad SMARTS) is 1. The zero-order chi connectivity index (χ0) is 25.0. The number of phosphoric ester groups is 1. The second-order valence-electron chi connectivity index (χ2n) is 8.38. The summed E-state index contributed by atoms with van der Waals surface area (Å²) in [6.45, 7) is 0.396. The predicted molar refractivity (Wildman–Crippen MR) is 118 cm³/mol. The van der Waals surface area contributed by atoms with Gasteiger partial charge < -0.3 is 39.4 Å². The molecule has 0 aliphatic rings. The van der Waals surface area contributed by atoms with Gasteiger partial charge in [0, 0.05) is 6.42 Å². The Kier molecular flexibility index (Phi) is 24.8. The molecule has 12 heteroatoms. The number of unbranched alkanes of at least 4 members (excludes halogenated alkanes) is 12. The average molecular weight is 520 g/mol. The molecular formula is C22H43NNaO9P. The van der Waals surface area contributed by atoms with E-state index in [1.165, 1.54) is 57.8 Å². The summed E-state index contributed by atoms with van der Waals surface area (Å²) in [5.74, 6) is -2.03. The van der Waals surface area contributed by atoms with E-state index in [0.717, 1.165) is 19.3 Å². The third-order valence-electron chi connectivity index (χ3n) is 5.11. The van der Waals surface area contributed by atoms with Gasteiger partial charge in [0.05, 0.1) is 6.61 Å². The number of aliphatic carboxylic acids is 1. The van der Waals surface area contributed by atoms with E-state index in [4.69, 9.17) is 4.74 Å². The predicted octanol–water partition coefficient (Wildman–Crippen LogP) is -1.76. The minimum Gasteiger partial charge on any atom is -0.756 e. The van der Waals surface area contributed by atoms with E-state index in [0.29, 0.717) is 6.42 Å². The van der Waals surface area contributed by atoms with Gasteiger partial charge >= 0.3 is 35.5 Å². The molecule has 0 saturated heterocycles. The maximum atomic E-state index is 11.7. The van der Waals surface area contributed by atoms with Gasteiger partial charge in [-0.15, -0.1) is 0 Å². The van der Waals surface area contributed by atoms with Gasteiger partial charge in [0.15, 0.2) is 0 Å². The largest absolute Gasteiger partial charge is 1.00 e. The molecule has 0 heterocycles. The van der Waals surface area contributed by atoms with Gasteiger partial charge in [0.2, 0.25) is 0 Å². The van der Waals surface area contributed by atoms with Crippen LogP contribution in [-0.4, -0.2) is 49.0 Å². The Morgan fingerprint density at radius 1 is 0.853 bits per heavy atom. The van der Waals surface area contributed by atoms with Crippen molar-refractivity contribution in [3.8, 4) is 0 Å². The first-order valence-electron chi connectivity index (χ1n) is 12.2. The Morgan fingerprint density at radius 3 is 1.76 bits per heavy atom. The van der Waals surface area contributed by atoms with Crippen LogP contribution in [0.15, 0.2) is 0 Å². The Balaban J connectivity index is 0. The molecule has 0 radical (unpaired) electrons. The van der Waals surface area contributed by atoms with Gasteiger partial charge in [-0.25, -0.2) is 0 Å². The second kappa shape index (κ2) is 23.4. The summed E-state index contributed by atoms with van der Waals surface area (Å²) in [5, 5.41) is 20.1. The third kappa shape index (κ3) is 23.7. The topological polar surface area (TPSA) is 173 Å². The minimum atomic E-state index is -4.81. The molecule has 0 saturated carbocycles. The SMILES string of the molecule is CCCCCCCCCCCCCCCC(=O)OC[C@@H](O)COP(=O)([O-])OC[C@H]([NH3+])C(=O)[O-].[Na+]. The number of hydrogen-bond donors (Lipinski definition) is 2. The molecule has 0 aliphatic carbocycles. The second-order valence-corrected chi connectivity index (χ2v) is 9.80.